The molecule has 2 rings (SSSR count). The molecule has 0 spiro atoms. The molecule has 22 heavy (non-hydrogen) atoms. The third-order valence-corrected chi connectivity index (χ3v) is 3.64. The molecule has 1 unspecified atom stereocenters. The molecule has 116 valence electrons. The number of carboxylic acid groups (broad SMARTS) is 1. The summed E-state index contributed by atoms with van der Waals surface area (Å²) in [5, 5.41) is 9.22. The van der Waals surface area contributed by atoms with Gasteiger partial charge in [-0.2, -0.15) is 0 Å². The van der Waals surface area contributed by atoms with E-state index in [9.17, 15) is 9.90 Å². The van der Waals surface area contributed by atoms with Crippen molar-refractivity contribution >= 4 is 5.97 Å². The number of aliphatic carboxylic acids is 1. The molecule has 2 aromatic rings. The highest BCUT2D eigenvalue weighted by molar-refractivity contribution is 5.76. The van der Waals surface area contributed by atoms with Crippen LogP contribution in [0.1, 0.15) is 28.2 Å². The molecule has 2 aromatic carbocycles. The van der Waals surface area contributed by atoms with Gasteiger partial charge in [0.25, 0.3) is 0 Å². The number of hydrogen-bond donors (Lipinski definition) is 2. The van der Waals surface area contributed by atoms with Gasteiger partial charge in [-0.25, -0.2) is 0 Å². The van der Waals surface area contributed by atoms with Gasteiger partial charge in [0.2, 0.25) is 0 Å². The SMILES string of the molecule is Cc1cc(C(CN)C(=O)O)cc(C)c1OCc1ccccc1. The van der Waals surface area contributed by atoms with Crippen LogP contribution in [-0.4, -0.2) is 17.6 Å². The van der Waals surface area contributed by atoms with Crippen molar-refractivity contribution < 1.29 is 14.6 Å². The minimum absolute atomic E-state index is 0.0818. The highest BCUT2D eigenvalue weighted by Crippen LogP contribution is 2.29. The lowest BCUT2D eigenvalue weighted by molar-refractivity contribution is -0.138. The smallest absolute Gasteiger partial charge is 0.312 e. The lowest BCUT2D eigenvalue weighted by atomic mass is 9.95. The van der Waals surface area contributed by atoms with Crippen molar-refractivity contribution in [1.29, 1.82) is 0 Å². The van der Waals surface area contributed by atoms with E-state index in [2.05, 4.69) is 0 Å². The molecule has 0 aliphatic rings. The van der Waals surface area contributed by atoms with E-state index in [0.717, 1.165) is 28.0 Å². The van der Waals surface area contributed by atoms with Crippen LogP contribution in [0.5, 0.6) is 5.75 Å². The number of nitrogens with two attached hydrogens (primary N) is 1. The highest BCUT2D eigenvalue weighted by atomic mass is 16.5. The molecule has 3 N–H and O–H groups in total. The molecule has 0 aromatic heterocycles. The lowest BCUT2D eigenvalue weighted by Gasteiger charge is -2.17. The summed E-state index contributed by atoms with van der Waals surface area (Å²) in [7, 11) is 0. The van der Waals surface area contributed by atoms with Crippen molar-refractivity contribution in [3.05, 3.63) is 64.7 Å². The van der Waals surface area contributed by atoms with Crippen LogP contribution in [0, 0.1) is 13.8 Å². The van der Waals surface area contributed by atoms with Gasteiger partial charge in [-0.1, -0.05) is 42.5 Å². The summed E-state index contributed by atoms with van der Waals surface area (Å²) in [6.45, 7) is 4.41. The first kappa shape index (κ1) is 16.0. The van der Waals surface area contributed by atoms with Gasteiger partial charge < -0.3 is 15.6 Å². The average molecular weight is 299 g/mol. The number of carbonyl (C=O) groups is 1. The fourth-order valence-electron chi connectivity index (χ4n) is 2.52. The van der Waals surface area contributed by atoms with Gasteiger partial charge in [0.05, 0.1) is 5.92 Å². The number of aryl methyl sites for hydroxylation is 2. The van der Waals surface area contributed by atoms with E-state index in [0.29, 0.717) is 6.61 Å². The normalized spacial score (nSPS) is 12.0. The summed E-state index contributed by atoms with van der Waals surface area (Å²) in [6, 6.07) is 13.6. The summed E-state index contributed by atoms with van der Waals surface area (Å²) >= 11 is 0. The second-order valence-electron chi connectivity index (χ2n) is 5.38. The first-order chi connectivity index (χ1) is 10.5. The van der Waals surface area contributed by atoms with Crippen molar-refractivity contribution in [3.8, 4) is 5.75 Å². The number of benzene rings is 2. The number of hydrogen-bond acceptors (Lipinski definition) is 3. The maximum Gasteiger partial charge on any atom is 0.312 e. The Balaban J connectivity index is 2.21. The zero-order chi connectivity index (χ0) is 16.1. The largest absolute Gasteiger partial charge is 0.488 e. The molecular weight excluding hydrogens is 278 g/mol. The molecule has 0 amide bonds. The van der Waals surface area contributed by atoms with Gasteiger partial charge in [0.15, 0.2) is 0 Å². The van der Waals surface area contributed by atoms with E-state index in [1.165, 1.54) is 0 Å². The second kappa shape index (κ2) is 7.09. The quantitative estimate of drug-likeness (QED) is 0.860. The van der Waals surface area contributed by atoms with Crippen molar-refractivity contribution in [2.45, 2.75) is 26.4 Å². The zero-order valence-electron chi connectivity index (χ0n) is 12.9. The molecule has 4 heteroatoms. The molecule has 0 aliphatic heterocycles. The third kappa shape index (κ3) is 3.65. The molecular formula is C18H21NO3. The van der Waals surface area contributed by atoms with Crippen LogP contribution in [-0.2, 0) is 11.4 Å². The van der Waals surface area contributed by atoms with E-state index >= 15 is 0 Å². The van der Waals surface area contributed by atoms with Crippen molar-refractivity contribution in [2.24, 2.45) is 5.73 Å². The van der Waals surface area contributed by atoms with Gasteiger partial charge >= 0.3 is 5.97 Å². The summed E-state index contributed by atoms with van der Waals surface area (Å²) in [6.07, 6.45) is 0. The lowest BCUT2D eigenvalue weighted by Crippen LogP contribution is -2.21. The molecule has 0 bridgehead atoms. The maximum absolute atomic E-state index is 11.2. The van der Waals surface area contributed by atoms with Crippen LogP contribution < -0.4 is 10.5 Å². The summed E-state index contributed by atoms with van der Waals surface area (Å²) in [5.41, 5.74) is 9.22. The second-order valence-corrected chi connectivity index (χ2v) is 5.38. The van der Waals surface area contributed by atoms with E-state index in [4.69, 9.17) is 10.5 Å². The van der Waals surface area contributed by atoms with E-state index < -0.39 is 11.9 Å². The van der Waals surface area contributed by atoms with Gasteiger partial charge in [-0.15, -0.1) is 0 Å². The van der Waals surface area contributed by atoms with Gasteiger partial charge in [-0.3, -0.25) is 4.79 Å². The van der Waals surface area contributed by atoms with Crippen LogP contribution in [0.2, 0.25) is 0 Å². The Labute approximate surface area is 130 Å². The molecule has 0 radical (unpaired) electrons. The molecule has 4 nitrogen and oxygen atoms in total. The summed E-state index contributed by atoms with van der Waals surface area (Å²) < 4.78 is 5.90. The van der Waals surface area contributed by atoms with Crippen molar-refractivity contribution in [2.75, 3.05) is 6.54 Å². The minimum atomic E-state index is -0.903. The fourth-order valence-corrected chi connectivity index (χ4v) is 2.52. The minimum Gasteiger partial charge on any atom is -0.488 e. The number of ether oxygens (including phenoxy) is 1. The topological polar surface area (TPSA) is 72.6 Å². The summed E-state index contributed by atoms with van der Waals surface area (Å²) in [4.78, 5) is 11.2. The molecule has 0 fully saturated rings. The van der Waals surface area contributed by atoms with Gasteiger partial charge in [-0.05, 0) is 36.1 Å². The van der Waals surface area contributed by atoms with E-state index in [1.54, 1.807) is 0 Å². The molecule has 1 atom stereocenters. The Bertz CT molecular complexity index is 630. The standard InChI is InChI=1S/C18H21NO3/c1-12-8-15(16(10-19)18(20)21)9-13(2)17(12)22-11-14-6-4-3-5-7-14/h3-9,16H,10-11,19H2,1-2H3,(H,20,21). The monoisotopic (exact) mass is 299 g/mol. The Hall–Kier alpha value is -2.33. The highest BCUT2D eigenvalue weighted by Gasteiger charge is 2.20. The number of rotatable bonds is 6. The summed E-state index contributed by atoms with van der Waals surface area (Å²) in [5.74, 6) is -0.784. The first-order valence-corrected chi connectivity index (χ1v) is 7.23. The third-order valence-electron chi connectivity index (χ3n) is 3.64. The van der Waals surface area contributed by atoms with Crippen LogP contribution in [0.3, 0.4) is 0 Å². The van der Waals surface area contributed by atoms with Crippen LogP contribution in [0.15, 0.2) is 42.5 Å². The van der Waals surface area contributed by atoms with Gasteiger partial charge in [0.1, 0.15) is 12.4 Å². The van der Waals surface area contributed by atoms with Crippen LogP contribution in [0.4, 0.5) is 0 Å². The predicted octanol–water partition coefficient (Wildman–Crippen LogP) is 3.01. The van der Waals surface area contributed by atoms with E-state index in [-0.39, 0.29) is 6.54 Å². The first-order valence-electron chi connectivity index (χ1n) is 7.23. The molecule has 0 heterocycles. The van der Waals surface area contributed by atoms with Gasteiger partial charge in [0, 0.05) is 6.54 Å². The maximum atomic E-state index is 11.2. The predicted molar refractivity (Wildman–Crippen MR) is 86.1 cm³/mol. The van der Waals surface area contributed by atoms with Crippen LogP contribution >= 0.6 is 0 Å². The Kier molecular flexibility index (Phi) is 5.17. The fraction of sp³-hybridized carbons (Fsp3) is 0.278. The zero-order valence-corrected chi connectivity index (χ0v) is 12.9. The van der Waals surface area contributed by atoms with E-state index in [1.807, 2.05) is 56.3 Å². The molecule has 0 aliphatic carbocycles. The van der Waals surface area contributed by atoms with Crippen molar-refractivity contribution in [3.63, 3.8) is 0 Å². The Morgan fingerprint density at radius 1 is 1.18 bits per heavy atom. The number of carboxylic acids is 1. The van der Waals surface area contributed by atoms with Crippen molar-refractivity contribution in [1.82, 2.24) is 0 Å². The molecule has 0 saturated heterocycles. The van der Waals surface area contributed by atoms with Crippen LogP contribution in [0.25, 0.3) is 0 Å². The molecule has 0 saturated carbocycles. The Morgan fingerprint density at radius 2 is 1.77 bits per heavy atom. The Morgan fingerprint density at radius 3 is 2.27 bits per heavy atom. The average Bonchev–Trinajstić information content (AvgIpc) is 2.48.